The van der Waals surface area contributed by atoms with Gasteiger partial charge in [-0.2, -0.15) is 0 Å². The first-order valence-electron chi connectivity index (χ1n) is 5.56. The zero-order chi connectivity index (χ0) is 11.9. The highest BCUT2D eigenvalue weighted by Crippen LogP contribution is 2.02. The van der Waals surface area contributed by atoms with E-state index in [0.717, 1.165) is 0 Å². The van der Waals surface area contributed by atoms with Crippen LogP contribution in [-0.2, 0) is 13.6 Å². The molecule has 0 amide bonds. The van der Waals surface area contributed by atoms with Crippen molar-refractivity contribution in [2.24, 2.45) is 0 Å². The van der Waals surface area contributed by atoms with Crippen molar-refractivity contribution in [2.75, 3.05) is 26.4 Å². The summed E-state index contributed by atoms with van der Waals surface area (Å²) in [7, 11) is -2.72. The third-order valence-corrected chi connectivity index (χ3v) is 3.67. The van der Waals surface area contributed by atoms with Crippen LogP contribution < -0.4 is 0 Å². The van der Waals surface area contributed by atoms with E-state index >= 15 is 0 Å². The van der Waals surface area contributed by atoms with E-state index in [1.807, 2.05) is 0 Å². The Hall–Kier alpha value is 0.314. The van der Waals surface area contributed by atoms with Gasteiger partial charge in [0.1, 0.15) is 0 Å². The van der Waals surface area contributed by atoms with Crippen molar-refractivity contribution in [1.82, 2.24) is 0 Å². The van der Waals surface area contributed by atoms with Crippen molar-refractivity contribution < 1.29 is 13.6 Å². The highest BCUT2D eigenvalue weighted by Gasteiger charge is 2.14. The average molecular weight is 250 g/mol. The van der Waals surface area contributed by atoms with Crippen molar-refractivity contribution in [3.8, 4) is 0 Å². The van der Waals surface area contributed by atoms with Gasteiger partial charge in [-0.3, -0.25) is 0 Å². The van der Waals surface area contributed by atoms with Crippen molar-refractivity contribution >= 4 is 16.6 Å². The maximum atomic E-state index is 5.66. The van der Waals surface area contributed by atoms with Crippen LogP contribution in [0.2, 0.25) is 39.3 Å². The molecule has 92 valence electrons. The maximum absolute atomic E-state index is 5.66. The van der Waals surface area contributed by atoms with Crippen LogP contribution in [0.15, 0.2) is 0 Å². The van der Waals surface area contributed by atoms with E-state index in [4.69, 9.17) is 13.6 Å². The van der Waals surface area contributed by atoms with Gasteiger partial charge in [-0.25, -0.2) is 0 Å². The second kappa shape index (κ2) is 6.80. The fourth-order valence-corrected chi connectivity index (χ4v) is 2.31. The molecule has 0 bridgehead atoms. The van der Waals surface area contributed by atoms with Crippen LogP contribution in [-0.4, -0.2) is 43.1 Å². The van der Waals surface area contributed by atoms with E-state index in [1.54, 1.807) is 0 Å². The summed E-state index contributed by atoms with van der Waals surface area (Å²) < 4.78 is 16.7. The zero-order valence-electron chi connectivity index (χ0n) is 11.1. The van der Waals surface area contributed by atoms with Crippen LogP contribution in [0.4, 0.5) is 0 Å². The van der Waals surface area contributed by atoms with E-state index in [0.29, 0.717) is 26.4 Å². The summed E-state index contributed by atoms with van der Waals surface area (Å²) in [5.74, 6) is 0. The summed E-state index contributed by atoms with van der Waals surface area (Å²) in [6.07, 6.45) is 0. The Kier molecular flexibility index (Phi) is 6.94. The van der Waals surface area contributed by atoms with Gasteiger partial charge >= 0.3 is 0 Å². The molecule has 0 atom stereocenters. The maximum Gasteiger partial charge on any atom is 0.183 e. The second-order valence-corrected chi connectivity index (χ2v) is 14.6. The van der Waals surface area contributed by atoms with E-state index in [9.17, 15) is 0 Å². The number of hydrogen-bond donors (Lipinski definition) is 0. The molecule has 0 saturated carbocycles. The van der Waals surface area contributed by atoms with Crippen LogP contribution in [0.3, 0.4) is 0 Å². The summed E-state index contributed by atoms with van der Waals surface area (Å²) in [5.41, 5.74) is 0. The lowest BCUT2D eigenvalue weighted by Gasteiger charge is -2.18. The van der Waals surface area contributed by atoms with Crippen LogP contribution in [0.1, 0.15) is 0 Å². The molecule has 0 rings (SSSR count). The molecule has 0 fully saturated rings. The topological polar surface area (TPSA) is 27.7 Å². The lowest BCUT2D eigenvalue weighted by Crippen LogP contribution is -2.29. The first-order valence-corrected chi connectivity index (χ1v) is 12.4. The molecular weight excluding hydrogens is 224 g/mol. The molecule has 0 aromatic heterocycles. The first-order chi connectivity index (χ1) is 6.71. The molecule has 5 heteroatoms. The zero-order valence-corrected chi connectivity index (χ0v) is 13.1. The highest BCUT2D eigenvalue weighted by molar-refractivity contribution is 6.70. The van der Waals surface area contributed by atoms with Crippen molar-refractivity contribution in [3.63, 3.8) is 0 Å². The van der Waals surface area contributed by atoms with E-state index in [1.165, 1.54) is 0 Å². The van der Waals surface area contributed by atoms with E-state index in [2.05, 4.69) is 39.3 Å². The monoisotopic (exact) mass is 250 g/mol. The van der Waals surface area contributed by atoms with Crippen molar-refractivity contribution in [1.29, 1.82) is 0 Å². The summed E-state index contributed by atoms with van der Waals surface area (Å²) in [6.45, 7) is 15.9. The van der Waals surface area contributed by atoms with E-state index < -0.39 is 16.6 Å². The molecule has 0 unspecified atom stereocenters. The lowest BCUT2D eigenvalue weighted by molar-refractivity contribution is 0.0732. The van der Waals surface area contributed by atoms with Crippen LogP contribution in [0.25, 0.3) is 0 Å². The molecule has 0 aromatic rings. The minimum atomic E-state index is -1.36. The number of rotatable bonds is 8. The van der Waals surface area contributed by atoms with Gasteiger partial charge in [-0.05, 0) is 39.3 Å². The Balaban J connectivity index is 3.20. The molecule has 0 spiro atoms. The molecule has 0 aliphatic rings. The molecule has 0 N–H and O–H groups in total. The smallest absolute Gasteiger partial charge is 0.183 e. The molecule has 0 aliphatic carbocycles. The third kappa shape index (κ3) is 14.3. The van der Waals surface area contributed by atoms with Crippen LogP contribution in [0, 0.1) is 0 Å². The predicted molar refractivity (Wildman–Crippen MR) is 69.4 cm³/mol. The van der Waals surface area contributed by atoms with Gasteiger partial charge in [-0.15, -0.1) is 0 Å². The summed E-state index contributed by atoms with van der Waals surface area (Å²) in [5, 5.41) is 0. The van der Waals surface area contributed by atoms with E-state index in [-0.39, 0.29) is 0 Å². The standard InChI is InChI=1S/C10H26O3Si2/c1-14(2,3)12-9-7-11-8-10-13-15(4,5)6/h7-10H2,1-6H3. The Bertz CT molecular complexity index is 143. The predicted octanol–water partition coefficient (Wildman–Crippen LogP) is 2.71. The molecule has 3 nitrogen and oxygen atoms in total. The van der Waals surface area contributed by atoms with Gasteiger partial charge in [0.05, 0.1) is 26.4 Å². The first kappa shape index (κ1) is 15.3. The third-order valence-electron chi connectivity index (χ3n) is 1.53. The van der Waals surface area contributed by atoms with Crippen molar-refractivity contribution in [3.05, 3.63) is 0 Å². The largest absolute Gasteiger partial charge is 0.415 e. The summed E-state index contributed by atoms with van der Waals surface area (Å²) in [6, 6.07) is 0. The Labute approximate surface area is 96.4 Å². The van der Waals surface area contributed by atoms with Gasteiger partial charge in [0.25, 0.3) is 0 Å². The molecule has 0 saturated heterocycles. The van der Waals surface area contributed by atoms with Crippen LogP contribution >= 0.6 is 0 Å². The summed E-state index contributed by atoms with van der Waals surface area (Å²) in [4.78, 5) is 0. The minimum absolute atomic E-state index is 0.680. The number of hydrogen-bond acceptors (Lipinski definition) is 3. The van der Waals surface area contributed by atoms with Gasteiger partial charge in [0.15, 0.2) is 16.6 Å². The molecule has 0 aromatic carbocycles. The highest BCUT2D eigenvalue weighted by atomic mass is 28.4. The average Bonchev–Trinajstić information content (AvgIpc) is 1.98. The second-order valence-electron chi connectivity index (χ2n) is 5.53. The Morgan fingerprint density at radius 2 is 0.933 bits per heavy atom. The van der Waals surface area contributed by atoms with Crippen LogP contribution in [0.5, 0.6) is 0 Å². The summed E-state index contributed by atoms with van der Waals surface area (Å²) >= 11 is 0. The lowest BCUT2D eigenvalue weighted by atomic mass is 10.7. The minimum Gasteiger partial charge on any atom is -0.415 e. The van der Waals surface area contributed by atoms with Gasteiger partial charge in [0.2, 0.25) is 0 Å². The Morgan fingerprint density at radius 3 is 1.20 bits per heavy atom. The van der Waals surface area contributed by atoms with Gasteiger partial charge in [-0.1, -0.05) is 0 Å². The van der Waals surface area contributed by atoms with Crippen molar-refractivity contribution in [2.45, 2.75) is 39.3 Å². The van der Waals surface area contributed by atoms with Gasteiger partial charge in [0, 0.05) is 0 Å². The molecule has 0 heterocycles. The normalized spacial score (nSPS) is 13.2. The fourth-order valence-electron chi connectivity index (χ4n) is 0.916. The van der Waals surface area contributed by atoms with Gasteiger partial charge < -0.3 is 13.6 Å². The molecular formula is C10H26O3Si2. The molecule has 15 heavy (non-hydrogen) atoms. The number of ether oxygens (including phenoxy) is 1. The Morgan fingerprint density at radius 1 is 0.600 bits per heavy atom. The SMILES string of the molecule is C[Si](C)(C)OCCOCCO[Si](C)(C)C. The molecule has 0 aliphatic heterocycles. The quantitative estimate of drug-likeness (QED) is 0.490. The fraction of sp³-hybridized carbons (Fsp3) is 1.00. The molecule has 0 radical (unpaired) electrons.